The summed E-state index contributed by atoms with van der Waals surface area (Å²) in [6.07, 6.45) is 6.73. The van der Waals surface area contributed by atoms with Crippen molar-refractivity contribution in [2.24, 2.45) is 5.92 Å². The highest BCUT2D eigenvalue weighted by molar-refractivity contribution is 5.45. The molecule has 0 radical (unpaired) electrons. The summed E-state index contributed by atoms with van der Waals surface area (Å²) in [4.78, 5) is 0. The molecule has 2 heteroatoms. The van der Waals surface area contributed by atoms with Gasteiger partial charge in [-0.1, -0.05) is 31.9 Å². The predicted octanol–water partition coefficient (Wildman–Crippen LogP) is 4.21. The van der Waals surface area contributed by atoms with Crippen molar-refractivity contribution in [1.82, 2.24) is 0 Å². The van der Waals surface area contributed by atoms with Crippen LogP contribution in [-0.2, 0) is 11.3 Å². The van der Waals surface area contributed by atoms with Crippen molar-refractivity contribution in [1.29, 1.82) is 0 Å². The van der Waals surface area contributed by atoms with Gasteiger partial charge in [0.1, 0.15) is 0 Å². The zero-order chi connectivity index (χ0) is 12.8. The number of benzene rings is 1. The minimum absolute atomic E-state index is 0.656. The number of hydrogen-bond donors (Lipinski definition) is 1. The van der Waals surface area contributed by atoms with E-state index >= 15 is 0 Å². The lowest BCUT2D eigenvalue weighted by Crippen LogP contribution is -2.18. The van der Waals surface area contributed by atoms with Gasteiger partial charge in [-0.3, -0.25) is 0 Å². The molecule has 1 aromatic rings. The lowest BCUT2D eigenvalue weighted by Gasteiger charge is -2.18. The van der Waals surface area contributed by atoms with Crippen LogP contribution in [0.5, 0.6) is 0 Å². The van der Waals surface area contributed by atoms with E-state index in [9.17, 15) is 0 Å². The van der Waals surface area contributed by atoms with Crippen molar-refractivity contribution < 1.29 is 4.74 Å². The SMILES string of the molecule is COCc1ccc(NC2CCCC(C)CC2)cc1. The Balaban J connectivity index is 1.88. The van der Waals surface area contributed by atoms with Crippen molar-refractivity contribution in [3.63, 3.8) is 0 Å². The van der Waals surface area contributed by atoms with Gasteiger partial charge in [0, 0.05) is 18.8 Å². The Bertz CT molecular complexity index is 347. The monoisotopic (exact) mass is 247 g/mol. The van der Waals surface area contributed by atoms with Crippen LogP contribution in [0.4, 0.5) is 5.69 Å². The van der Waals surface area contributed by atoms with Crippen LogP contribution in [0.3, 0.4) is 0 Å². The van der Waals surface area contributed by atoms with E-state index < -0.39 is 0 Å². The molecule has 2 unspecified atom stereocenters. The van der Waals surface area contributed by atoms with E-state index in [2.05, 4.69) is 36.5 Å². The maximum atomic E-state index is 5.13. The molecule has 2 rings (SSSR count). The zero-order valence-electron chi connectivity index (χ0n) is 11.6. The fourth-order valence-corrected chi connectivity index (χ4v) is 2.73. The van der Waals surface area contributed by atoms with Gasteiger partial charge in [-0.15, -0.1) is 0 Å². The maximum absolute atomic E-state index is 5.13. The molecule has 1 fully saturated rings. The van der Waals surface area contributed by atoms with Crippen LogP contribution in [0.2, 0.25) is 0 Å². The van der Waals surface area contributed by atoms with Gasteiger partial charge in [-0.05, 0) is 42.9 Å². The van der Waals surface area contributed by atoms with Gasteiger partial charge in [0.2, 0.25) is 0 Å². The van der Waals surface area contributed by atoms with Crippen molar-refractivity contribution in [2.45, 2.75) is 51.7 Å². The van der Waals surface area contributed by atoms with Crippen LogP contribution in [0.1, 0.15) is 44.6 Å². The largest absolute Gasteiger partial charge is 0.382 e. The van der Waals surface area contributed by atoms with Crippen molar-refractivity contribution in [2.75, 3.05) is 12.4 Å². The third-order valence-corrected chi connectivity index (χ3v) is 3.89. The van der Waals surface area contributed by atoms with Crippen molar-refractivity contribution in [3.8, 4) is 0 Å². The first-order valence-electron chi connectivity index (χ1n) is 7.12. The Morgan fingerprint density at radius 3 is 2.61 bits per heavy atom. The van der Waals surface area contributed by atoms with Crippen molar-refractivity contribution >= 4 is 5.69 Å². The molecule has 0 amide bonds. The van der Waals surface area contributed by atoms with Gasteiger partial charge in [-0.2, -0.15) is 0 Å². The standard InChI is InChI=1S/C16H25NO/c1-13-4-3-5-15(9-6-13)17-16-10-7-14(8-11-16)12-18-2/h7-8,10-11,13,15,17H,3-6,9,12H2,1-2H3. The van der Waals surface area contributed by atoms with Crippen LogP contribution in [0.15, 0.2) is 24.3 Å². The quantitative estimate of drug-likeness (QED) is 0.805. The topological polar surface area (TPSA) is 21.3 Å². The molecule has 0 spiro atoms. The number of rotatable bonds is 4. The minimum Gasteiger partial charge on any atom is -0.382 e. The third-order valence-electron chi connectivity index (χ3n) is 3.89. The molecule has 0 aromatic heterocycles. The van der Waals surface area contributed by atoms with Crippen LogP contribution in [-0.4, -0.2) is 13.2 Å². The van der Waals surface area contributed by atoms with Crippen LogP contribution >= 0.6 is 0 Å². The smallest absolute Gasteiger partial charge is 0.0713 e. The molecule has 2 nitrogen and oxygen atoms in total. The van der Waals surface area contributed by atoms with Gasteiger partial charge in [-0.25, -0.2) is 0 Å². The van der Waals surface area contributed by atoms with Gasteiger partial charge in [0.05, 0.1) is 6.61 Å². The van der Waals surface area contributed by atoms with Gasteiger partial charge >= 0.3 is 0 Å². The first kappa shape index (κ1) is 13.4. The van der Waals surface area contributed by atoms with Crippen LogP contribution in [0, 0.1) is 5.92 Å². The number of ether oxygens (including phenoxy) is 1. The first-order chi connectivity index (χ1) is 8.78. The summed E-state index contributed by atoms with van der Waals surface area (Å²) in [7, 11) is 1.73. The molecule has 1 aliphatic rings. The van der Waals surface area contributed by atoms with E-state index in [4.69, 9.17) is 4.74 Å². The normalized spacial score (nSPS) is 24.6. The molecule has 1 saturated carbocycles. The Morgan fingerprint density at radius 1 is 1.11 bits per heavy atom. The Kier molecular flexibility index (Phi) is 5.06. The minimum atomic E-state index is 0.656. The Hall–Kier alpha value is -1.02. The summed E-state index contributed by atoms with van der Waals surface area (Å²) in [6.45, 7) is 3.07. The lowest BCUT2D eigenvalue weighted by atomic mass is 10.0. The molecule has 100 valence electrons. The van der Waals surface area contributed by atoms with E-state index in [1.807, 2.05) is 0 Å². The molecule has 1 aliphatic carbocycles. The molecular formula is C16H25NO. The van der Waals surface area contributed by atoms with Gasteiger partial charge in [0.15, 0.2) is 0 Å². The second-order valence-electron chi connectivity index (χ2n) is 5.58. The third kappa shape index (κ3) is 4.02. The molecule has 2 atom stereocenters. The highest BCUT2D eigenvalue weighted by Crippen LogP contribution is 2.25. The highest BCUT2D eigenvalue weighted by Gasteiger charge is 2.15. The Morgan fingerprint density at radius 2 is 1.89 bits per heavy atom. The summed E-state index contributed by atoms with van der Waals surface area (Å²) < 4.78 is 5.13. The average molecular weight is 247 g/mol. The zero-order valence-corrected chi connectivity index (χ0v) is 11.6. The molecule has 18 heavy (non-hydrogen) atoms. The van der Waals surface area contributed by atoms with Crippen LogP contribution in [0.25, 0.3) is 0 Å². The first-order valence-corrected chi connectivity index (χ1v) is 7.12. The van der Waals surface area contributed by atoms with Gasteiger partial charge < -0.3 is 10.1 Å². The van der Waals surface area contributed by atoms with E-state index in [0.29, 0.717) is 12.6 Å². The van der Waals surface area contributed by atoms with E-state index in [-0.39, 0.29) is 0 Å². The average Bonchev–Trinajstić information content (AvgIpc) is 2.57. The van der Waals surface area contributed by atoms with E-state index in [0.717, 1.165) is 5.92 Å². The maximum Gasteiger partial charge on any atom is 0.0713 e. The molecular weight excluding hydrogens is 222 g/mol. The van der Waals surface area contributed by atoms with Gasteiger partial charge in [0.25, 0.3) is 0 Å². The summed E-state index contributed by atoms with van der Waals surface area (Å²) in [5.74, 6) is 0.904. The summed E-state index contributed by atoms with van der Waals surface area (Å²) in [5, 5.41) is 3.67. The highest BCUT2D eigenvalue weighted by atomic mass is 16.5. The molecule has 1 aromatic carbocycles. The van der Waals surface area contributed by atoms with Crippen molar-refractivity contribution in [3.05, 3.63) is 29.8 Å². The molecule has 0 aliphatic heterocycles. The number of hydrogen-bond acceptors (Lipinski definition) is 2. The molecule has 1 N–H and O–H groups in total. The number of methoxy groups -OCH3 is 1. The Labute approximate surface area is 111 Å². The van der Waals surface area contributed by atoms with E-state index in [1.165, 1.54) is 43.4 Å². The fraction of sp³-hybridized carbons (Fsp3) is 0.625. The summed E-state index contributed by atoms with van der Waals surface area (Å²) in [5.41, 5.74) is 2.48. The number of nitrogens with one attached hydrogen (secondary N) is 1. The molecule has 0 heterocycles. The van der Waals surface area contributed by atoms with Crippen LogP contribution < -0.4 is 5.32 Å². The second kappa shape index (κ2) is 6.79. The van der Waals surface area contributed by atoms with E-state index in [1.54, 1.807) is 7.11 Å². The summed E-state index contributed by atoms with van der Waals surface area (Å²) in [6, 6.07) is 9.28. The summed E-state index contributed by atoms with van der Waals surface area (Å²) >= 11 is 0. The second-order valence-corrected chi connectivity index (χ2v) is 5.58. The fourth-order valence-electron chi connectivity index (χ4n) is 2.73. The number of anilines is 1. The predicted molar refractivity (Wildman–Crippen MR) is 76.8 cm³/mol. The lowest BCUT2D eigenvalue weighted by molar-refractivity contribution is 0.185. The molecule has 0 bridgehead atoms. The molecule has 0 saturated heterocycles.